The lowest BCUT2D eigenvalue weighted by molar-refractivity contribution is -0.229. The molecule has 0 amide bonds. The molecule has 0 aliphatic carbocycles. The van der Waals surface area contributed by atoms with Gasteiger partial charge in [-0.3, -0.25) is 0 Å². The van der Waals surface area contributed by atoms with Gasteiger partial charge < -0.3 is 9.47 Å². The van der Waals surface area contributed by atoms with E-state index >= 15 is 0 Å². The minimum atomic E-state index is -1.21. The molecule has 0 aromatic heterocycles. The predicted octanol–water partition coefficient (Wildman–Crippen LogP) is 4.69. The summed E-state index contributed by atoms with van der Waals surface area (Å²) in [4.78, 5) is 23.9. The van der Waals surface area contributed by atoms with Gasteiger partial charge in [-0.2, -0.15) is 0 Å². The van der Waals surface area contributed by atoms with Gasteiger partial charge in [0.25, 0.3) is 5.79 Å². The first-order chi connectivity index (χ1) is 10.3. The number of carbonyl (C=O) groups excluding carboxylic acids is 2. The number of carbonyl (C=O) groups is 2. The van der Waals surface area contributed by atoms with Crippen LogP contribution in [0.4, 0.5) is 0 Å². The van der Waals surface area contributed by atoms with E-state index in [9.17, 15) is 9.59 Å². The molecule has 0 heterocycles. The van der Waals surface area contributed by atoms with Crippen LogP contribution in [0.2, 0.25) is 0 Å². The molecule has 4 nitrogen and oxygen atoms in total. The van der Waals surface area contributed by atoms with E-state index in [1.54, 1.807) is 13.8 Å². The van der Waals surface area contributed by atoms with Crippen molar-refractivity contribution in [2.75, 3.05) is 0 Å². The van der Waals surface area contributed by atoms with Crippen LogP contribution in [0, 0.1) is 0 Å². The van der Waals surface area contributed by atoms with Crippen molar-refractivity contribution in [3.05, 3.63) is 24.3 Å². The Balaban J connectivity index is 5.14. The fourth-order valence-electron chi connectivity index (χ4n) is 2.06. The maximum atomic E-state index is 11.9. The smallest absolute Gasteiger partial charge is 0.336 e. The Morgan fingerprint density at radius 2 is 1.32 bits per heavy atom. The Morgan fingerprint density at radius 1 is 0.818 bits per heavy atom. The van der Waals surface area contributed by atoms with Crippen LogP contribution >= 0.6 is 0 Å². The Hall–Kier alpha value is -1.58. The molecule has 0 rings (SSSR count). The molecule has 0 atom stereocenters. The zero-order valence-corrected chi connectivity index (χ0v) is 14.5. The number of hydrogen-bond donors (Lipinski definition) is 0. The highest BCUT2D eigenvalue weighted by atomic mass is 16.7. The summed E-state index contributed by atoms with van der Waals surface area (Å²) in [7, 11) is 0. The molecule has 0 N–H and O–H groups in total. The van der Waals surface area contributed by atoms with Crippen LogP contribution in [0.15, 0.2) is 24.3 Å². The van der Waals surface area contributed by atoms with Crippen molar-refractivity contribution in [1.29, 1.82) is 0 Å². The zero-order chi connectivity index (χ0) is 17.2. The van der Waals surface area contributed by atoms with Crippen molar-refractivity contribution in [2.24, 2.45) is 0 Å². The van der Waals surface area contributed by atoms with E-state index in [2.05, 4.69) is 20.1 Å². The van der Waals surface area contributed by atoms with Gasteiger partial charge in [-0.05, 0) is 26.7 Å². The SMILES string of the molecule is C=C(C)C(=O)OC(CCC)(CCCCCC)OC(=O)C(=C)C. The van der Waals surface area contributed by atoms with E-state index in [1.165, 1.54) is 0 Å². The molecule has 0 unspecified atom stereocenters. The van der Waals surface area contributed by atoms with Crippen LogP contribution in [-0.4, -0.2) is 17.7 Å². The monoisotopic (exact) mass is 310 g/mol. The second kappa shape index (κ2) is 10.2. The third kappa shape index (κ3) is 7.43. The minimum Gasteiger partial charge on any atom is -0.419 e. The fourth-order valence-corrected chi connectivity index (χ4v) is 2.06. The average molecular weight is 310 g/mol. The van der Waals surface area contributed by atoms with Crippen LogP contribution < -0.4 is 0 Å². The van der Waals surface area contributed by atoms with Gasteiger partial charge in [-0.25, -0.2) is 9.59 Å². The molecule has 0 aromatic carbocycles. The highest BCUT2D eigenvalue weighted by Gasteiger charge is 2.37. The van der Waals surface area contributed by atoms with Crippen molar-refractivity contribution in [3.8, 4) is 0 Å². The van der Waals surface area contributed by atoms with Gasteiger partial charge in [-0.1, -0.05) is 46.3 Å². The molecular weight excluding hydrogens is 280 g/mol. The molecule has 0 saturated heterocycles. The van der Waals surface area contributed by atoms with E-state index in [4.69, 9.17) is 9.47 Å². The van der Waals surface area contributed by atoms with Gasteiger partial charge >= 0.3 is 11.9 Å². The Kier molecular flexibility index (Phi) is 9.46. The Morgan fingerprint density at radius 3 is 1.68 bits per heavy atom. The minimum absolute atomic E-state index is 0.292. The summed E-state index contributed by atoms with van der Waals surface area (Å²) in [6.07, 6.45) is 5.76. The highest BCUT2D eigenvalue weighted by Crippen LogP contribution is 2.29. The van der Waals surface area contributed by atoms with Crippen LogP contribution in [0.3, 0.4) is 0 Å². The molecule has 0 fully saturated rings. The summed E-state index contributed by atoms with van der Waals surface area (Å²) in [5.41, 5.74) is 0.584. The predicted molar refractivity (Wildman–Crippen MR) is 88.2 cm³/mol. The van der Waals surface area contributed by atoms with E-state index in [1.807, 2.05) is 6.92 Å². The molecule has 0 bridgehead atoms. The van der Waals surface area contributed by atoms with Gasteiger partial charge in [0.1, 0.15) is 0 Å². The first kappa shape index (κ1) is 20.4. The van der Waals surface area contributed by atoms with Crippen molar-refractivity contribution >= 4 is 11.9 Å². The quantitative estimate of drug-likeness (QED) is 0.240. The van der Waals surface area contributed by atoms with Crippen LogP contribution in [-0.2, 0) is 19.1 Å². The van der Waals surface area contributed by atoms with Gasteiger partial charge in [0.2, 0.25) is 0 Å². The maximum Gasteiger partial charge on any atom is 0.336 e. The lowest BCUT2D eigenvalue weighted by atomic mass is 10.0. The van der Waals surface area contributed by atoms with Gasteiger partial charge in [0.05, 0.1) is 0 Å². The maximum absolute atomic E-state index is 11.9. The van der Waals surface area contributed by atoms with Gasteiger partial charge in [0.15, 0.2) is 0 Å². The van der Waals surface area contributed by atoms with Crippen molar-refractivity contribution in [2.45, 2.75) is 78.4 Å². The van der Waals surface area contributed by atoms with Crippen molar-refractivity contribution < 1.29 is 19.1 Å². The molecule has 0 radical (unpaired) electrons. The molecule has 0 aliphatic rings. The summed E-state index contributed by atoms with van der Waals surface area (Å²) in [6.45, 7) is 14.4. The summed E-state index contributed by atoms with van der Waals surface area (Å²) in [5, 5.41) is 0. The second-order valence-corrected chi connectivity index (χ2v) is 5.81. The standard InChI is InChI=1S/C18H30O4/c1-7-9-10-11-13-18(12-8-2,21-16(19)14(3)4)22-17(20)15(5)6/h3,5,7-13H2,1-2,4,6H3. The number of rotatable bonds is 11. The first-order valence-corrected chi connectivity index (χ1v) is 8.05. The van der Waals surface area contributed by atoms with E-state index in [-0.39, 0.29) is 0 Å². The Bertz CT molecular complexity index is 381. The topological polar surface area (TPSA) is 52.6 Å². The number of hydrogen-bond acceptors (Lipinski definition) is 4. The molecule has 22 heavy (non-hydrogen) atoms. The van der Waals surface area contributed by atoms with E-state index < -0.39 is 17.7 Å². The third-order valence-electron chi connectivity index (χ3n) is 3.30. The Labute approximate surface area is 134 Å². The molecule has 0 saturated carbocycles. The number of unbranched alkanes of at least 4 members (excludes halogenated alkanes) is 3. The highest BCUT2D eigenvalue weighted by molar-refractivity contribution is 5.89. The number of esters is 2. The van der Waals surface area contributed by atoms with Crippen LogP contribution in [0.1, 0.15) is 72.6 Å². The zero-order valence-electron chi connectivity index (χ0n) is 14.5. The normalized spacial score (nSPS) is 10.9. The largest absolute Gasteiger partial charge is 0.419 e. The van der Waals surface area contributed by atoms with Crippen molar-refractivity contribution in [3.63, 3.8) is 0 Å². The van der Waals surface area contributed by atoms with E-state index in [0.717, 1.165) is 32.1 Å². The van der Waals surface area contributed by atoms with Crippen molar-refractivity contribution in [1.82, 2.24) is 0 Å². The molecule has 0 spiro atoms. The summed E-state index contributed by atoms with van der Waals surface area (Å²) >= 11 is 0. The summed E-state index contributed by atoms with van der Waals surface area (Å²) < 4.78 is 11.0. The molecule has 126 valence electrons. The van der Waals surface area contributed by atoms with E-state index in [0.29, 0.717) is 24.0 Å². The van der Waals surface area contributed by atoms with Gasteiger partial charge in [0, 0.05) is 24.0 Å². The fraction of sp³-hybridized carbons (Fsp3) is 0.667. The second-order valence-electron chi connectivity index (χ2n) is 5.81. The third-order valence-corrected chi connectivity index (χ3v) is 3.30. The van der Waals surface area contributed by atoms with Crippen LogP contribution in [0.5, 0.6) is 0 Å². The average Bonchev–Trinajstić information content (AvgIpc) is 2.43. The van der Waals surface area contributed by atoms with Gasteiger partial charge in [-0.15, -0.1) is 0 Å². The number of ether oxygens (including phenoxy) is 2. The molecule has 0 aromatic rings. The molecular formula is C18H30O4. The first-order valence-electron chi connectivity index (χ1n) is 8.05. The molecule has 4 heteroatoms. The van der Waals surface area contributed by atoms with Crippen LogP contribution in [0.25, 0.3) is 0 Å². The molecule has 0 aliphatic heterocycles. The summed E-state index contributed by atoms with van der Waals surface area (Å²) in [5.74, 6) is -2.27. The summed E-state index contributed by atoms with van der Waals surface area (Å²) in [6, 6.07) is 0. The lowest BCUT2D eigenvalue weighted by Crippen LogP contribution is -2.40. The lowest BCUT2D eigenvalue weighted by Gasteiger charge is -2.33.